The average molecular weight is 274 g/mol. The molecule has 2 fully saturated rings. The zero-order chi connectivity index (χ0) is 13.8. The van der Waals surface area contributed by atoms with E-state index < -0.39 is 0 Å². The number of amides is 1. The maximum absolute atomic E-state index is 12.4. The molecular weight excluding hydrogens is 252 g/mol. The molecule has 1 aromatic carbocycles. The number of hydrogen-bond donors (Lipinski definition) is 0. The van der Waals surface area contributed by atoms with Crippen molar-refractivity contribution in [3.63, 3.8) is 0 Å². The summed E-state index contributed by atoms with van der Waals surface area (Å²) in [7, 11) is 0. The summed E-state index contributed by atoms with van der Waals surface area (Å²) in [6.45, 7) is 6.30. The maximum Gasteiger partial charge on any atom is 0.253 e. The number of carbonyl (C=O) groups excluding carboxylic acids is 1. The summed E-state index contributed by atoms with van der Waals surface area (Å²) in [5.74, 6) is 0.186. The molecule has 4 heteroatoms. The quantitative estimate of drug-likeness (QED) is 0.842. The van der Waals surface area contributed by atoms with E-state index in [4.69, 9.17) is 4.74 Å². The lowest BCUT2D eigenvalue weighted by Gasteiger charge is -2.26. The molecule has 2 aliphatic rings. The third-order valence-electron chi connectivity index (χ3n) is 4.08. The average Bonchev–Trinajstić information content (AvgIpc) is 3.02. The molecule has 1 aromatic rings. The first kappa shape index (κ1) is 13.6. The van der Waals surface area contributed by atoms with E-state index in [1.165, 1.54) is 5.56 Å². The van der Waals surface area contributed by atoms with Crippen molar-refractivity contribution in [2.75, 3.05) is 39.4 Å². The number of morpholine rings is 1. The van der Waals surface area contributed by atoms with Gasteiger partial charge in [0.05, 0.1) is 13.2 Å². The van der Waals surface area contributed by atoms with E-state index in [1.54, 1.807) is 0 Å². The van der Waals surface area contributed by atoms with Gasteiger partial charge in [-0.25, -0.2) is 0 Å². The number of ether oxygens (including phenoxy) is 1. The number of rotatable bonds is 3. The highest BCUT2D eigenvalue weighted by Crippen LogP contribution is 2.15. The molecule has 0 aromatic heterocycles. The summed E-state index contributed by atoms with van der Waals surface area (Å²) in [4.78, 5) is 16.7. The predicted octanol–water partition coefficient (Wildman–Crippen LogP) is 1.75. The highest BCUT2D eigenvalue weighted by atomic mass is 16.5. The van der Waals surface area contributed by atoms with Crippen LogP contribution in [-0.4, -0.2) is 55.1 Å². The third-order valence-corrected chi connectivity index (χ3v) is 4.08. The zero-order valence-corrected chi connectivity index (χ0v) is 11.9. The Morgan fingerprint density at radius 2 is 1.85 bits per heavy atom. The molecule has 0 radical (unpaired) electrons. The summed E-state index contributed by atoms with van der Waals surface area (Å²) in [5, 5.41) is 0. The number of benzene rings is 1. The fourth-order valence-corrected chi connectivity index (χ4v) is 2.92. The van der Waals surface area contributed by atoms with Gasteiger partial charge >= 0.3 is 0 Å². The van der Waals surface area contributed by atoms with Crippen molar-refractivity contribution < 1.29 is 9.53 Å². The van der Waals surface area contributed by atoms with E-state index in [9.17, 15) is 4.79 Å². The van der Waals surface area contributed by atoms with Crippen molar-refractivity contribution in [3.8, 4) is 0 Å². The van der Waals surface area contributed by atoms with Crippen LogP contribution in [0.1, 0.15) is 28.8 Å². The van der Waals surface area contributed by atoms with Crippen molar-refractivity contribution in [2.45, 2.75) is 19.4 Å². The van der Waals surface area contributed by atoms with Gasteiger partial charge in [0.15, 0.2) is 0 Å². The van der Waals surface area contributed by atoms with Gasteiger partial charge in [-0.15, -0.1) is 0 Å². The van der Waals surface area contributed by atoms with Crippen molar-refractivity contribution in [3.05, 3.63) is 35.4 Å². The lowest BCUT2D eigenvalue weighted by Crippen LogP contribution is -2.35. The fraction of sp³-hybridized carbons (Fsp3) is 0.562. The Labute approximate surface area is 120 Å². The predicted molar refractivity (Wildman–Crippen MR) is 77.7 cm³/mol. The molecular formula is C16H22N2O2. The maximum atomic E-state index is 12.4. The van der Waals surface area contributed by atoms with E-state index in [0.29, 0.717) is 0 Å². The molecule has 4 nitrogen and oxygen atoms in total. The van der Waals surface area contributed by atoms with Crippen LogP contribution in [0.2, 0.25) is 0 Å². The second-order valence-electron chi connectivity index (χ2n) is 5.59. The van der Waals surface area contributed by atoms with Gasteiger partial charge in [0.2, 0.25) is 0 Å². The molecule has 0 bridgehead atoms. The van der Waals surface area contributed by atoms with Gasteiger partial charge in [-0.2, -0.15) is 0 Å². The van der Waals surface area contributed by atoms with E-state index >= 15 is 0 Å². The first-order chi connectivity index (χ1) is 9.83. The minimum Gasteiger partial charge on any atom is -0.379 e. The molecule has 0 unspecified atom stereocenters. The van der Waals surface area contributed by atoms with Crippen molar-refractivity contribution in [1.82, 2.24) is 9.80 Å². The molecule has 108 valence electrons. The van der Waals surface area contributed by atoms with Crippen molar-refractivity contribution in [1.29, 1.82) is 0 Å². The van der Waals surface area contributed by atoms with Gasteiger partial charge in [0, 0.05) is 38.3 Å². The number of likely N-dealkylation sites (tertiary alicyclic amines) is 1. The largest absolute Gasteiger partial charge is 0.379 e. The third kappa shape index (κ3) is 3.19. The summed E-state index contributed by atoms with van der Waals surface area (Å²) >= 11 is 0. The van der Waals surface area contributed by atoms with Crippen molar-refractivity contribution in [2.24, 2.45) is 0 Å². The highest BCUT2D eigenvalue weighted by molar-refractivity contribution is 5.94. The smallest absolute Gasteiger partial charge is 0.253 e. The highest BCUT2D eigenvalue weighted by Gasteiger charge is 2.19. The summed E-state index contributed by atoms with van der Waals surface area (Å²) in [5.41, 5.74) is 2.05. The second-order valence-corrected chi connectivity index (χ2v) is 5.59. The van der Waals surface area contributed by atoms with Crippen molar-refractivity contribution >= 4 is 5.91 Å². The lowest BCUT2D eigenvalue weighted by atomic mass is 10.1. The Morgan fingerprint density at radius 1 is 1.10 bits per heavy atom. The van der Waals surface area contributed by atoms with Gasteiger partial charge in [-0.3, -0.25) is 9.69 Å². The molecule has 0 atom stereocenters. The first-order valence-corrected chi connectivity index (χ1v) is 7.51. The summed E-state index contributed by atoms with van der Waals surface area (Å²) < 4.78 is 5.36. The molecule has 0 saturated carbocycles. The van der Waals surface area contributed by atoms with Gasteiger partial charge in [0.25, 0.3) is 5.91 Å². The van der Waals surface area contributed by atoms with Crippen LogP contribution in [0.25, 0.3) is 0 Å². The van der Waals surface area contributed by atoms with E-state index in [2.05, 4.69) is 17.0 Å². The molecule has 1 amide bonds. The summed E-state index contributed by atoms with van der Waals surface area (Å²) in [6.07, 6.45) is 2.28. The van der Waals surface area contributed by atoms with Crippen LogP contribution in [0, 0.1) is 0 Å². The Hall–Kier alpha value is -1.39. The topological polar surface area (TPSA) is 32.8 Å². The van der Waals surface area contributed by atoms with Crippen LogP contribution in [0.3, 0.4) is 0 Å². The van der Waals surface area contributed by atoms with Crippen LogP contribution in [0.15, 0.2) is 24.3 Å². The monoisotopic (exact) mass is 274 g/mol. The van der Waals surface area contributed by atoms with Crippen LogP contribution < -0.4 is 0 Å². The van der Waals surface area contributed by atoms with E-state index in [1.807, 2.05) is 17.0 Å². The molecule has 0 N–H and O–H groups in total. The molecule has 0 aliphatic carbocycles. The van der Waals surface area contributed by atoms with E-state index in [0.717, 1.165) is 64.3 Å². The molecule has 2 heterocycles. The zero-order valence-electron chi connectivity index (χ0n) is 11.9. The minimum atomic E-state index is 0.186. The number of carbonyl (C=O) groups is 1. The second kappa shape index (κ2) is 6.37. The Kier molecular flexibility index (Phi) is 4.33. The normalized spacial score (nSPS) is 20.3. The Balaban J connectivity index is 1.67. The number of nitrogens with zero attached hydrogens (tertiary/aromatic N) is 2. The Morgan fingerprint density at radius 3 is 2.60 bits per heavy atom. The van der Waals surface area contributed by atoms with Crippen LogP contribution in [0.5, 0.6) is 0 Å². The van der Waals surface area contributed by atoms with Crippen LogP contribution >= 0.6 is 0 Å². The molecule has 20 heavy (non-hydrogen) atoms. The Bertz CT molecular complexity index is 463. The van der Waals surface area contributed by atoms with Gasteiger partial charge in [-0.05, 0) is 30.5 Å². The SMILES string of the molecule is O=C(c1cccc(CN2CCOCC2)c1)N1CCCC1. The fourth-order valence-electron chi connectivity index (χ4n) is 2.92. The van der Waals surface area contributed by atoms with Crippen LogP contribution in [0.4, 0.5) is 0 Å². The van der Waals surface area contributed by atoms with Crippen LogP contribution in [-0.2, 0) is 11.3 Å². The van der Waals surface area contributed by atoms with Gasteiger partial charge in [0.1, 0.15) is 0 Å². The lowest BCUT2D eigenvalue weighted by molar-refractivity contribution is 0.0341. The first-order valence-electron chi connectivity index (χ1n) is 7.51. The molecule has 2 saturated heterocycles. The van der Waals surface area contributed by atoms with Gasteiger partial charge in [-0.1, -0.05) is 12.1 Å². The molecule has 3 rings (SSSR count). The molecule has 0 spiro atoms. The van der Waals surface area contributed by atoms with Gasteiger partial charge < -0.3 is 9.64 Å². The number of hydrogen-bond acceptors (Lipinski definition) is 3. The standard InChI is InChI=1S/C16H22N2O2/c19-16(18-6-1-2-7-18)15-5-3-4-14(12-15)13-17-8-10-20-11-9-17/h3-5,12H,1-2,6-11,13H2. The summed E-state index contributed by atoms with van der Waals surface area (Å²) in [6, 6.07) is 8.09. The molecule has 2 aliphatic heterocycles. The van der Waals surface area contributed by atoms with E-state index in [-0.39, 0.29) is 5.91 Å². The minimum absolute atomic E-state index is 0.186.